The molecule has 1 heterocycles. The molecule has 4 N–H and O–H groups in total. The molecule has 0 aliphatic rings. The van der Waals surface area contributed by atoms with Gasteiger partial charge in [-0.05, 0) is 18.4 Å². The number of hydrogen-bond donors (Lipinski definition) is 3. The predicted octanol–water partition coefficient (Wildman–Crippen LogP) is 0.397. The Morgan fingerprint density at radius 3 is 2.88 bits per heavy atom. The van der Waals surface area contributed by atoms with E-state index in [1.165, 1.54) is 6.20 Å². The minimum Gasteiger partial charge on any atom is -0.321 e. The molecule has 1 unspecified atom stereocenters. The molecule has 0 saturated heterocycles. The largest absolute Gasteiger partial charge is 0.321 e. The van der Waals surface area contributed by atoms with E-state index < -0.39 is 10.0 Å². The number of thioether (sulfide) groups is 1. The number of nitrogens with one attached hydrogen (secondary N) is 2. The van der Waals surface area contributed by atoms with Crippen molar-refractivity contribution in [1.82, 2.24) is 9.71 Å². The summed E-state index contributed by atoms with van der Waals surface area (Å²) in [5.74, 6) is 5.24. The van der Waals surface area contributed by atoms with E-state index in [1.807, 2.05) is 13.2 Å². The lowest BCUT2D eigenvalue weighted by Crippen LogP contribution is -2.31. The van der Waals surface area contributed by atoms with Gasteiger partial charge in [-0.25, -0.2) is 18.1 Å². The fourth-order valence-corrected chi connectivity index (χ4v) is 2.67. The molecule has 0 radical (unpaired) electrons. The van der Waals surface area contributed by atoms with E-state index in [0.29, 0.717) is 6.54 Å². The first-order chi connectivity index (χ1) is 8.01. The minimum absolute atomic E-state index is 0.0872. The van der Waals surface area contributed by atoms with Crippen molar-refractivity contribution in [1.29, 1.82) is 0 Å². The quantitative estimate of drug-likeness (QED) is 0.514. The average Bonchev–Trinajstić information content (AvgIpc) is 2.35. The summed E-state index contributed by atoms with van der Waals surface area (Å²) in [5, 5.41) is 0.110. The highest BCUT2D eigenvalue weighted by Gasteiger charge is 2.20. The number of anilines is 1. The van der Waals surface area contributed by atoms with Crippen LogP contribution in [0.4, 0.5) is 5.69 Å². The van der Waals surface area contributed by atoms with Crippen molar-refractivity contribution in [2.45, 2.75) is 17.2 Å². The number of pyridine rings is 1. The van der Waals surface area contributed by atoms with Gasteiger partial charge >= 0.3 is 0 Å². The van der Waals surface area contributed by atoms with Crippen molar-refractivity contribution in [3.05, 3.63) is 18.3 Å². The molecule has 0 aliphatic carbocycles. The van der Waals surface area contributed by atoms with E-state index in [1.54, 1.807) is 23.9 Å². The average molecular weight is 276 g/mol. The number of rotatable bonds is 6. The van der Waals surface area contributed by atoms with Gasteiger partial charge in [-0.3, -0.25) is 5.84 Å². The Kier molecular flexibility index (Phi) is 5.19. The van der Waals surface area contributed by atoms with Crippen LogP contribution in [0.25, 0.3) is 0 Å². The van der Waals surface area contributed by atoms with Crippen molar-refractivity contribution >= 4 is 27.5 Å². The second-order valence-electron chi connectivity index (χ2n) is 3.40. The molecule has 0 aliphatic heterocycles. The highest BCUT2D eigenvalue weighted by atomic mass is 32.2. The summed E-state index contributed by atoms with van der Waals surface area (Å²) in [4.78, 5) is 3.83. The summed E-state index contributed by atoms with van der Waals surface area (Å²) in [6.45, 7) is 2.29. The van der Waals surface area contributed by atoms with Crippen molar-refractivity contribution in [3.8, 4) is 0 Å². The maximum absolute atomic E-state index is 12.0. The maximum atomic E-state index is 12.0. The molecule has 6 nitrogen and oxygen atoms in total. The molecule has 0 spiro atoms. The molecule has 1 aromatic rings. The van der Waals surface area contributed by atoms with Gasteiger partial charge in [-0.1, -0.05) is 6.92 Å². The lowest BCUT2D eigenvalue weighted by Gasteiger charge is -2.12. The molecule has 8 heteroatoms. The van der Waals surface area contributed by atoms with Gasteiger partial charge in [0.2, 0.25) is 0 Å². The van der Waals surface area contributed by atoms with Crippen molar-refractivity contribution in [3.63, 3.8) is 0 Å². The molecule has 1 aromatic heterocycles. The van der Waals surface area contributed by atoms with Gasteiger partial charge < -0.3 is 5.43 Å². The fourth-order valence-electron chi connectivity index (χ4n) is 1.09. The van der Waals surface area contributed by atoms with Crippen LogP contribution in [0.5, 0.6) is 0 Å². The normalized spacial score (nSPS) is 13.4. The number of nitrogens with zero attached hydrogens (tertiary/aromatic N) is 1. The highest BCUT2D eigenvalue weighted by molar-refractivity contribution is 7.99. The summed E-state index contributed by atoms with van der Waals surface area (Å²) in [6.07, 6.45) is 3.33. The van der Waals surface area contributed by atoms with E-state index in [0.717, 1.165) is 0 Å². The third kappa shape index (κ3) is 3.84. The van der Waals surface area contributed by atoms with Gasteiger partial charge in [0.05, 0.1) is 5.69 Å². The fraction of sp³-hybridized carbons (Fsp3) is 0.444. The smallest absolute Gasteiger partial charge is 0.260 e. The Labute approximate surface area is 105 Å². The molecule has 96 valence electrons. The van der Waals surface area contributed by atoms with Gasteiger partial charge in [-0.15, -0.1) is 0 Å². The summed E-state index contributed by atoms with van der Waals surface area (Å²) in [5.41, 5.74) is 2.59. The molecule has 0 fully saturated rings. The lowest BCUT2D eigenvalue weighted by molar-refractivity contribution is 0.578. The van der Waals surface area contributed by atoms with Crippen LogP contribution >= 0.6 is 11.8 Å². The molecule has 0 saturated carbocycles. The molecule has 0 bridgehead atoms. The van der Waals surface area contributed by atoms with Gasteiger partial charge in [0.15, 0.2) is 5.03 Å². The van der Waals surface area contributed by atoms with Gasteiger partial charge in [0.25, 0.3) is 10.0 Å². The standard InChI is InChI=1S/C9H16N4O2S2/c1-7(16-2)6-12-17(14,15)9-8(13-10)4-3-5-11-9/h3-5,7,12-13H,6,10H2,1-2H3. The minimum atomic E-state index is -3.63. The monoisotopic (exact) mass is 276 g/mol. The topological polar surface area (TPSA) is 97.1 Å². The summed E-state index contributed by atoms with van der Waals surface area (Å²) in [6, 6.07) is 3.16. The first-order valence-electron chi connectivity index (χ1n) is 4.95. The van der Waals surface area contributed by atoms with Gasteiger partial charge in [-0.2, -0.15) is 11.8 Å². The van der Waals surface area contributed by atoms with E-state index in [4.69, 9.17) is 5.84 Å². The third-order valence-corrected chi connectivity index (χ3v) is 4.50. The second-order valence-corrected chi connectivity index (χ2v) is 6.36. The molecule has 0 aromatic carbocycles. The molecule has 1 rings (SSSR count). The van der Waals surface area contributed by atoms with Gasteiger partial charge in [0.1, 0.15) is 0 Å². The Morgan fingerprint density at radius 2 is 2.29 bits per heavy atom. The number of aromatic nitrogens is 1. The van der Waals surface area contributed by atoms with Gasteiger partial charge in [0, 0.05) is 18.0 Å². The summed E-state index contributed by atoms with van der Waals surface area (Å²) < 4.78 is 26.4. The molecule has 17 heavy (non-hydrogen) atoms. The first-order valence-corrected chi connectivity index (χ1v) is 7.72. The Bertz CT molecular complexity index is 464. The predicted molar refractivity (Wildman–Crippen MR) is 70.2 cm³/mol. The summed E-state index contributed by atoms with van der Waals surface area (Å²) in [7, 11) is -3.63. The Balaban J connectivity index is 2.89. The van der Waals surface area contributed by atoms with Crippen LogP contribution in [0.3, 0.4) is 0 Å². The van der Waals surface area contributed by atoms with E-state index >= 15 is 0 Å². The number of nitrogen functional groups attached to an aromatic ring is 1. The number of nitrogens with two attached hydrogens (primary N) is 1. The zero-order chi connectivity index (χ0) is 12.9. The van der Waals surface area contributed by atoms with Crippen LogP contribution in [0.15, 0.2) is 23.4 Å². The SMILES string of the molecule is CSC(C)CNS(=O)(=O)c1ncccc1NN. The van der Waals surface area contributed by atoms with Crippen molar-refractivity contribution in [2.24, 2.45) is 5.84 Å². The molecule has 1 atom stereocenters. The molecular formula is C9H16N4O2S2. The Hall–Kier alpha value is -0.830. The first kappa shape index (κ1) is 14.2. The van der Waals surface area contributed by atoms with E-state index in [2.05, 4.69) is 15.1 Å². The maximum Gasteiger partial charge on any atom is 0.260 e. The van der Waals surface area contributed by atoms with Crippen LogP contribution in [-0.2, 0) is 10.0 Å². The van der Waals surface area contributed by atoms with Crippen LogP contribution in [0.2, 0.25) is 0 Å². The Morgan fingerprint density at radius 1 is 1.59 bits per heavy atom. The highest BCUT2D eigenvalue weighted by Crippen LogP contribution is 2.16. The molecular weight excluding hydrogens is 260 g/mol. The van der Waals surface area contributed by atoms with E-state index in [9.17, 15) is 8.42 Å². The number of sulfonamides is 1. The van der Waals surface area contributed by atoms with Crippen LogP contribution < -0.4 is 16.0 Å². The van der Waals surface area contributed by atoms with Crippen LogP contribution in [-0.4, -0.2) is 31.5 Å². The second kappa shape index (κ2) is 6.20. The van der Waals surface area contributed by atoms with E-state index in [-0.39, 0.29) is 16.0 Å². The van der Waals surface area contributed by atoms with Crippen molar-refractivity contribution < 1.29 is 8.42 Å². The lowest BCUT2D eigenvalue weighted by atomic mass is 10.4. The van der Waals surface area contributed by atoms with Crippen LogP contribution in [0, 0.1) is 0 Å². The number of hydrogen-bond acceptors (Lipinski definition) is 6. The number of hydrazine groups is 1. The third-order valence-electron chi connectivity index (χ3n) is 2.14. The summed E-state index contributed by atoms with van der Waals surface area (Å²) >= 11 is 1.58. The zero-order valence-corrected chi connectivity index (χ0v) is 11.3. The molecule has 0 amide bonds. The van der Waals surface area contributed by atoms with Crippen LogP contribution in [0.1, 0.15) is 6.92 Å². The van der Waals surface area contributed by atoms with Crippen molar-refractivity contribution in [2.75, 3.05) is 18.2 Å². The zero-order valence-electron chi connectivity index (χ0n) is 9.67.